The van der Waals surface area contributed by atoms with E-state index in [4.69, 9.17) is 14.3 Å². The minimum absolute atomic E-state index is 0.165. The molecule has 204 valence electrons. The molecule has 0 N–H and O–H groups in total. The Bertz CT molecular complexity index is 3140. The van der Waals surface area contributed by atoms with Crippen LogP contribution >= 0.6 is 0 Å². The van der Waals surface area contributed by atoms with E-state index in [0.717, 1.165) is 37.9 Å². The van der Waals surface area contributed by atoms with Crippen LogP contribution in [0.25, 0.3) is 98.4 Å². The van der Waals surface area contributed by atoms with Gasteiger partial charge in [-0.2, -0.15) is 0 Å². The molecular weight excluding hydrogens is 536 g/mol. The van der Waals surface area contributed by atoms with Gasteiger partial charge >= 0.3 is 0 Å². The highest BCUT2D eigenvalue weighted by molar-refractivity contribution is 6.25. The molecule has 44 heavy (non-hydrogen) atoms. The summed E-state index contributed by atoms with van der Waals surface area (Å²) in [7, 11) is 0. The molecule has 8 aromatic carbocycles. The van der Waals surface area contributed by atoms with Crippen LogP contribution in [0.1, 0.15) is 11.0 Å². The molecule has 2 nitrogen and oxygen atoms in total. The SMILES string of the molecule is [2H]c1c([2H])c([2H])c2c(-c3cccc4ccccc34)c3c([2H])c([2H])c([2H])c([2H])c3c(-c3ccc4oc5c(ccc6c7ccccc7oc65)c4c3)c2c1[2H]. The minimum Gasteiger partial charge on any atom is -0.452 e. The molecule has 0 aliphatic heterocycles. The lowest BCUT2D eigenvalue weighted by atomic mass is 9.84. The van der Waals surface area contributed by atoms with Gasteiger partial charge in [0.15, 0.2) is 11.2 Å². The predicted molar refractivity (Wildman–Crippen MR) is 184 cm³/mol. The summed E-state index contributed by atoms with van der Waals surface area (Å²) in [6.45, 7) is 0. The van der Waals surface area contributed by atoms with E-state index in [-0.39, 0.29) is 51.3 Å². The normalized spacial score (nSPS) is 14.6. The summed E-state index contributed by atoms with van der Waals surface area (Å²) in [5, 5.41) is 5.71. The van der Waals surface area contributed by atoms with Crippen LogP contribution in [0.3, 0.4) is 0 Å². The predicted octanol–water partition coefficient (Wildman–Crippen LogP) is 12.3. The highest BCUT2D eigenvalue weighted by atomic mass is 16.4. The van der Waals surface area contributed by atoms with Gasteiger partial charge in [-0.05, 0) is 84.9 Å². The van der Waals surface area contributed by atoms with Crippen molar-refractivity contribution in [1.82, 2.24) is 0 Å². The van der Waals surface area contributed by atoms with Crippen molar-refractivity contribution in [3.05, 3.63) is 145 Å². The fourth-order valence-electron chi connectivity index (χ4n) is 6.80. The van der Waals surface area contributed by atoms with Gasteiger partial charge in [-0.15, -0.1) is 0 Å². The fourth-order valence-corrected chi connectivity index (χ4v) is 6.80. The van der Waals surface area contributed by atoms with Gasteiger partial charge in [0.1, 0.15) is 11.2 Å². The van der Waals surface area contributed by atoms with Crippen molar-refractivity contribution in [2.24, 2.45) is 0 Å². The molecule has 0 amide bonds. The molecule has 0 radical (unpaired) electrons. The number of furan rings is 2. The van der Waals surface area contributed by atoms with Crippen LogP contribution in [-0.2, 0) is 0 Å². The molecule has 0 aliphatic rings. The summed E-state index contributed by atoms with van der Waals surface area (Å²) in [6, 6.07) is 27.4. The molecule has 10 rings (SSSR count). The zero-order valence-electron chi connectivity index (χ0n) is 31.1. The average Bonchev–Trinajstić information content (AvgIpc) is 3.74. The van der Waals surface area contributed by atoms with E-state index in [1.165, 1.54) is 0 Å². The van der Waals surface area contributed by atoms with E-state index in [9.17, 15) is 5.48 Å². The maximum atomic E-state index is 9.33. The summed E-state index contributed by atoms with van der Waals surface area (Å²) in [5.41, 5.74) is 4.19. The van der Waals surface area contributed by atoms with Crippen LogP contribution in [-0.4, -0.2) is 0 Å². The number of rotatable bonds is 2. The van der Waals surface area contributed by atoms with Gasteiger partial charge in [-0.3, -0.25) is 0 Å². The summed E-state index contributed by atoms with van der Waals surface area (Å²) in [6.07, 6.45) is 0. The number of hydrogen-bond donors (Lipinski definition) is 0. The largest absolute Gasteiger partial charge is 0.452 e. The summed E-state index contributed by atoms with van der Waals surface area (Å²) in [5.74, 6) is 0. The molecule has 10 aromatic rings. The molecule has 0 unspecified atom stereocenters. The topological polar surface area (TPSA) is 26.3 Å². The van der Waals surface area contributed by atoms with Gasteiger partial charge < -0.3 is 8.83 Å². The van der Waals surface area contributed by atoms with Crippen molar-refractivity contribution in [2.75, 3.05) is 0 Å². The lowest BCUT2D eigenvalue weighted by Crippen LogP contribution is -1.91. The highest BCUT2D eigenvalue weighted by Gasteiger charge is 2.20. The lowest BCUT2D eigenvalue weighted by molar-refractivity contribution is 0.633. The van der Waals surface area contributed by atoms with Gasteiger partial charge in [0.2, 0.25) is 0 Å². The van der Waals surface area contributed by atoms with Crippen molar-refractivity contribution in [3.63, 3.8) is 0 Å². The molecular formula is C42H24O2. The third kappa shape index (κ3) is 3.20. The zero-order chi connectivity index (χ0) is 35.7. The van der Waals surface area contributed by atoms with Crippen LogP contribution in [0, 0.1) is 0 Å². The van der Waals surface area contributed by atoms with Crippen molar-refractivity contribution >= 4 is 76.2 Å². The second kappa shape index (κ2) is 8.82. The average molecular weight is 569 g/mol. The van der Waals surface area contributed by atoms with Gasteiger partial charge in [0.05, 0.1) is 11.0 Å². The van der Waals surface area contributed by atoms with E-state index < -0.39 is 24.2 Å². The number of para-hydroxylation sites is 1. The van der Waals surface area contributed by atoms with Crippen molar-refractivity contribution in [3.8, 4) is 22.3 Å². The van der Waals surface area contributed by atoms with E-state index in [1.54, 1.807) is 12.1 Å². The van der Waals surface area contributed by atoms with Crippen LogP contribution in [0.4, 0.5) is 0 Å². The van der Waals surface area contributed by atoms with Crippen LogP contribution in [0.15, 0.2) is 154 Å². The van der Waals surface area contributed by atoms with Crippen molar-refractivity contribution < 1.29 is 19.8 Å². The standard InChI is InChI=1S/C42H24O2/c1-2-12-27-25(10-1)11-9-18-29(27)40-32-16-5-3-14-30(32)39(31-15-4-6-17-33(31)40)26-20-23-38-36(24-26)35-22-21-34-28-13-7-8-19-37(28)43-41(34)42(35)44-38/h1-24H/i3D,4D,5D,6D,14D,15D,16D,17D. The molecule has 0 fully saturated rings. The Kier molecular flexibility index (Phi) is 3.47. The molecule has 2 heteroatoms. The molecule has 0 saturated carbocycles. The van der Waals surface area contributed by atoms with Gasteiger partial charge in [0.25, 0.3) is 0 Å². The monoisotopic (exact) mass is 568 g/mol. The van der Waals surface area contributed by atoms with Crippen LogP contribution in [0.2, 0.25) is 0 Å². The van der Waals surface area contributed by atoms with E-state index >= 15 is 0 Å². The van der Waals surface area contributed by atoms with Crippen LogP contribution < -0.4 is 0 Å². The Morgan fingerprint density at radius 3 is 1.70 bits per heavy atom. The maximum Gasteiger partial charge on any atom is 0.178 e. The Hall–Kier alpha value is -5.86. The number of hydrogen-bond acceptors (Lipinski definition) is 2. The fraction of sp³-hybridized carbons (Fsp3) is 0. The quantitative estimate of drug-likeness (QED) is 0.194. The van der Waals surface area contributed by atoms with Crippen molar-refractivity contribution in [1.29, 1.82) is 0 Å². The minimum atomic E-state index is -0.440. The van der Waals surface area contributed by atoms with Gasteiger partial charge in [-0.1, -0.05) is 115 Å². The first kappa shape index (κ1) is 17.3. The first-order valence-electron chi connectivity index (χ1n) is 18.4. The zero-order valence-corrected chi connectivity index (χ0v) is 23.1. The summed E-state index contributed by atoms with van der Waals surface area (Å²) in [4.78, 5) is 0. The Balaban J connectivity index is 1.41. The van der Waals surface area contributed by atoms with Gasteiger partial charge in [-0.25, -0.2) is 0 Å². The Morgan fingerprint density at radius 2 is 0.977 bits per heavy atom. The Labute approximate surface area is 263 Å². The number of benzene rings is 8. The lowest BCUT2D eigenvalue weighted by Gasteiger charge is -2.18. The second-order valence-corrected chi connectivity index (χ2v) is 11.0. The smallest absolute Gasteiger partial charge is 0.178 e. The molecule has 0 atom stereocenters. The highest BCUT2D eigenvalue weighted by Crippen LogP contribution is 2.46. The Morgan fingerprint density at radius 1 is 0.409 bits per heavy atom. The first-order chi connectivity index (χ1) is 25.2. The molecule has 0 saturated heterocycles. The molecule has 2 heterocycles. The molecule has 2 aromatic heterocycles. The van der Waals surface area contributed by atoms with E-state index in [2.05, 4.69) is 0 Å². The maximum absolute atomic E-state index is 9.33. The third-order valence-corrected chi connectivity index (χ3v) is 8.71. The number of fused-ring (bicyclic) bond motifs is 10. The van der Waals surface area contributed by atoms with E-state index in [1.807, 2.05) is 84.9 Å². The van der Waals surface area contributed by atoms with E-state index in [0.29, 0.717) is 33.4 Å². The van der Waals surface area contributed by atoms with Crippen LogP contribution in [0.5, 0.6) is 0 Å². The first-order valence-corrected chi connectivity index (χ1v) is 14.4. The summed E-state index contributed by atoms with van der Waals surface area (Å²) < 4.78 is 85.0. The molecule has 0 spiro atoms. The summed E-state index contributed by atoms with van der Waals surface area (Å²) >= 11 is 0. The van der Waals surface area contributed by atoms with Crippen molar-refractivity contribution in [2.45, 2.75) is 0 Å². The van der Waals surface area contributed by atoms with Gasteiger partial charge in [0, 0.05) is 21.5 Å². The second-order valence-electron chi connectivity index (χ2n) is 11.0. The third-order valence-electron chi connectivity index (χ3n) is 8.71. The molecule has 0 bridgehead atoms. The molecule has 0 aliphatic carbocycles.